The van der Waals surface area contributed by atoms with E-state index in [-0.39, 0.29) is 12.5 Å². The summed E-state index contributed by atoms with van der Waals surface area (Å²) >= 11 is 0. The van der Waals surface area contributed by atoms with Crippen LogP contribution in [0.1, 0.15) is 52.7 Å². The first kappa shape index (κ1) is 20.9. The number of amides is 1. The second-order valence-electron chi connectivity index (χ2n) is 8.96. The lowest BCUT2D eigenvalue weighted by Gasteiger charge is -2.26. The maximum absolute atomic E-state index is 12.7. The summed E-state index contributed by atoms with van der Waals surface area (Å²) in [4.78, 5) is 12.7. The largest absolute Gasteiger partial charge is 0.349 e. The van der Waals surface area contributed by atoms with Crippen LogP contribution in [-0.4, -0.2) is 26.6 Å². The third kappa shape index (κ3) is 4.24. The van der Waals surface area contributed by atoms with E-state index in [1.165, 1.54) is 29.8 Å². The Bertz CT molecular complexity index is 1030. The van der Waals surface area contributed by atoms with Gasteiger partial charge >= 0.3 is 0 Å². The lowest BCUT2D eigenvalue weighted by molar-refractivity contribution is 0.0923. The summed E-state index contributed by atoms with van der Waals surface area (Å²) in [6, 6.07) is 13.4. The van der Waals surface area contributed by atoms with Gasteiger partial charge in [0.1, 0.15) is 0 Å². The van der Waals surface area contributed by atoms with Crippen molar-refractivity contribution >= 4 is 21.6 Å². The van der Waals surface area contributed by atoms with Gasteiger partial charge in [0.2, 0.25) is 10.0 Å². The van der Waals surface area contributed by atoms with Crippen LogP contribution in [0.2, 0.25) is 0 Å². The highest BCUT2D eigenvalue weighted by Crippen LogP contribution is 2.44. The van der Waals surface area contributed by atoms with Crippen molar-refractivity contribution in [3.63, 3.8) is 0 Å². The molecule has 3 atom stereocenters. The van der Waals surface area contributed by atoms with Gasteiger partial charge < -0.3 is 5.32 Å². The lowest BCUT2D eigenvalue weighted by Crippen LogP contribution is -2.38. The monoisotopic (exact) mass is 426 g/mol. The van der Waals surface area contributed by atoms with Gasteiger partial charge in [-0.1, -0.05) is 36.8 Å². The Balaban J connectivity index is 1.49. The Kier molecular flexibility index (Phi) is 5.62. The highest BCUT2D eigenvalue weighted by Gasteiger charge is 2.40. The Morgan fingerprint density at radius 2 is 1.70 bits per heavy atom. The van der Waals surface area contributed by atoms with Crippen LogP contribution < -0.4 is 9.62 Å². The Morgan fingerprint density at radius 3 is 2.23 bits per heavy atom. The van der Waals surface area contributed by atoms with Crippen LogP contribution in [0.5, 0.6) is 0 Å². The van der Waals surface area contributed by atoms with Crippen molar-refractivity contribution in [2.75, 3.05) is 10.6 Å². The summed E-state index contributed by atoms with van der Waals surface area (Å²) < 4.78 is 26.5. The average molecular weight is 427 g/mol. The molecule has 0 saturated heterocycles. The number of nitrogens with one attached hydrogen (secondary N) is 1. The molecule has 2 bridgehead atoms. The van der Waals surface area contributed by atoms with Crippen molar-refractivity contribution in [2.24, 2.45) is 11.8 Å². The van der Waals surface area contributed by atoms with E-state index in [1.807, 2.05) is 44.2 Å². The second-order valence-corrected chi connectivity index (χ2v) is 10.9. The molecule has 3 unspecified atom stereocenters. The number of benzene rings is 2. The molecule has 2 aromatic rings. The van der Waals surface area contributed by atoms with Crippen LogP contribution in [0.15, 0.2) is 42.5 Å². The van der Waals surface area contributed by atoms with Crippen LogP contribution in [0.3, 0.4) is 0 Å². The molecule has 0 aliphatic heterocycles. The van der Waals surface area contributed by atoms with E-state index in [0.29, 0.717) is 17.5 Å². The molecule has 2 fully saturated rings. The van der Waals surface area contributed by atoms with Gasteiger partial charge in [-0.3, -0.25) is 9.10 Å². The van der Waals surface area contributed by atoms with E-state index in [9.17, 15) is 13.2 Å². The van der Waals surface area contributed by atoms with Crippen molar-refractivity contribution in [3.8, 4) is 0 Å². The average Bonchev–Trinajstić information content (AvgIpc) is 3.30. The number of nitrogens with zero attached hydrogens (tertiary/aromatic N) is 1. The fourth-order valence-corrected chi connectivity index (χ4v) is 6.16. The molecule has 2 saturated carbocycles. The molecule has 1 N–H and O–H groups in total. The minimum Gasteiger partial charge on any atom is -0.349 e. The Hall–Kier alpha value is -2.34. The first-order chi connectivity index (χ1) is 14.2. The zero-order valence-corrected chi connectivity index (χ0v) is 18.7. The molecule has 0 aromatic heterocycles. The Morgan fingerprint density at radius 1 is 1.03 bits per heavy atom. The van der Waals surface area contributed by atoms with Gasteiger partial charge in [-0.15, -0.1) is 0 Å². The lowest BCUT2D eigenvalue weighted by atomic mass is 9.95. The van der Waals surface area contributed by atoms with E-state index < -0.39 is 10.0 Å². The van der Waals surface area contributed by atoms with E-state index in [0.717, 1.165) is 34.7 Å². The molecular weight excluding hydrogens is 396 g/mol. The van der Waals surface area contributed by atoms with Crippen LogP contribution in [0, 0.1) is 25.7 Å². The molecule has 160 valence electrons. The van der Waals surface area contributed by atoms with Crippen LogP contribution in [-0.2, 0) is 16.6 Å². The molecule has 1 amide bonds. The van der Waals surface area contributed by atoms with Gasteiger partial charge in [0, 0.05) is 11.6 Å². The number of fused-ring (bicyclic) bond motifs is 2. The van der Waals surface area contributed by atoms with Gasteiger partial charge in [-0.2, -0.15) is 0 Å². The summed E-state index contributed by atoms with van der Waals surface area (Å²) in [7, 11) is -3.45. The third-order valence-electron chi connectivity index (χ3n) is 6.69. The number of para-hydroxylation sites is 1. The minimum absolute atomic E-state index is 0.0335. The highest BCUT2D eigenvalue weighted by molar-refractivity contribution is 7.92. The van der Waals surface area contributed by atoms with Crippen LogP contribution in [0.25, 0.3) is 0 Å². The van der Waals surface area contributed by atoms with Gasteiger partial charge in [-0.25, -0.2) is 8.42 Å². The minimum atomic E-state index is -3.45. The zero-order chi connectivity index (χ0) is 21.5. The molecule has 0 heterocycles. The predicted molar refractivity (Wildman–Crippen MR) is 120 cm³/mol. The van der Waals surface area contributed by atoms with E-state index in [4.69, 9.17) is 0 Å². The summed E-state index contributed by atoms with van der Waals surface area (Å²) in [6.45, 7) is 4.08. The normalized spacial score (nSPS) is 22.8. The van der Waals surface area contributed by atoms with Crippen molar-refractivity contribution in [2.45, 2.75) is 52.1 Å². The molecular formula is C24H30N2O3S. The van der Waals surface area contributed by atoms with Crippen molar-refractivity contribution in [3.05, 3.63) is 64.7 Å². The SMILES string of the molecule is Cc1cccc(C)c1N(Cc1ccc(C(=O)NC2CC3CCC2C3)cc1)S(C)(=O)=O. The topological polar surface area (TPSA) is 66.5 Å². The smallest absolute Gasteiger partial charge is 0.251 e. The molecule has 0 spiro atoms. The van der Waals surface area contributed by atoms with Crippen molar-refractivity contribution in [1.29, 1.82) is 0 Å². The van der Waals surface area contributed by atoms with Gasteiger partial charge in [-0.05, 0) is 73.8 Å². The van der Waals surface area contributed by atoms with Gasteiger partial charge in [0.05, 0.1) is 18.5 Å². The molecule has 0 radical (unpaired) electrons. The second kappa shape index (κ2) is 8.06. The number of sulfonamides is 1. The molecule has 6 heteroatoms. The predicted octanol–water partition coefficient (Wildman–Crippen LogP) is 4.19. The summed E-state index contributed by atoms with van der Waals surface area (Å²) in [5.41, 5.74) is 4.03. The quantitative estimate of drug-likeness (QED) is 0.753. The molecule has 5 nitrogen and oxygen atoms in total. The van der Waals surface area contributed by atoms with E-state index in [2.05, 4.69) is 5.32 Å². The summed E-state index contributed by atoms with van der Waals surface area (Å²) in [5, 5.41) is 3.21. The molecule has 30 heavy (non-hydrogen) atoms. The van der Waals surface area contributed by atoms with Gasteiger partial charge in [0.15, 0.2) is 0 Å². The highest BCUT2D eigenvalue weighted by atomic mass is 32.2. The van der Waals surface area contributed by atoms with Crippen LogP contribution in [0.4, 0.5) is 5.69 Å². The maximum atomic E-state index is 12.7. The van der Waals surface area contributed by atoms with Crippen molar-refractivity contribution in [1.82, 2.24) is 5.32 Å². The van der Waals surface area contributed by atoms with Crippen LogP contribution >= 0.6 is 0 Å². The van der Waals surface area contributed by atoms with Crippen molar-refractivity contribution < 1.29 is 13.2 Å². The number of rotatable bonds is 6. The fraction of sp³-hybridized carbons (Fsp3) is 0.458. The number of carbonyl (C=O) groups is 1. The molecule has 2 aliphatic carbocycles. The number of hydrogen-bond donors (Lipinski definition) is 1. The fourth-order valence-electron chi connectivity index (χ4n) is 5.16. The molecule has 2 aromatic carbocycles. The number of anilines is 1. The van der Waals surface area contributed by atoms with E-state index in [1.54, 1.807) is 12.1 Å². The first-order valence-electron chi connectivity index (χ1n) is 10.7. The Labute approximate surface area is 179 Å². The number of aryl methyl sites for hydroxylation is 2. The number of hydrogen-bond acceptors (Lipinski definition) is 3. The summed E-state index contributed by atoms with van der Waals surface area (Å²) in [6.07, 6.45) is 6.13. The number of carbonyl (C=O) groups excluding carboxylic acids is 1. The summed E-state index contributed by atoms with van der Waals surface area (Å²) in [5.74, 6) is 1.39. The van der Waals surface area contributed by atoms with E-state index >= 15 is 0 Å². The first-order valence-corrected chi connectivity index (χ1v) is 12.5. The standard InChI is InChI=1S/C24H30N2O3S/c1-16-5-4-6-17(2)23(16)26(30(3,28)29)15-18-7-10-20(11-8-18)24(27)25-22-14-19-9-12-21(22)13-19/h4-8,10-11,19,21-22H,9,12-15H2,1-3H3,(H,25,27). The third-order valence-corrected chi connectivity index (χ3v) is 7.80. The molecule has 2 aliphatic rings. The zero-order valence-electron chi connectivity index (χ0n) is 17.9. The maximum Gasteiger partial charge on any atom is 0.251 e. The molecule has 4 rings (SSSR count). The van der Waals surface area contributed by atoms with Gasteiger partial charge in [0.25, 0.3) is 5.91 Å².